The smallest absolute Gasteiger partial charge is 0.236 e. The fourth-order valence-corrected chi connectivity index (χ4v) is 2.37. The Morgan fingerprint density at radius 3 is 2.29 bits per heavy atom. The predicted octanol–water partition coefficient (Wildman–Crippen LogP) is 0.412. The first-order valence-corrected chi connectivity index (χ1v) is 6.50. The van der Waals surface area contributed by atoms with E-state index in [1.54, 1.807) is 0 Å². The zero-order valence-electron chi connectivity index (χ0n) is 10.8. The second-order valence-electron chi connectivity index (χ2n) is 5.21. The van der Waals surface area contributed by atoms with Crippen molar-refractivity contribution in [2.75, 3.05) is 52.9 Å². The van der Waals surface area contributed by atoms with Gasteiger partial charge in [-0.25, -0.2) is 0 Å². The number of carbonyl (C=O) groups is 1. The molecule has 0 saturated carbocycles. The van der Waals surface area contributed by atoms with Gasteiger partial charge in [-0.2, -0.15) is 0 Å². The maximum absolute atomic E-state index is 12.1. The summed E-state index contributed by atoms with van der Waals surface area (Å²) in [6.45, 7) is 10.5. The molecule has 0 spiro atoms. The van der Waals surface area contributed by atoms with Crippen LogP contribution in [0.5, 0.6) is 0 Å². The van der Waals surface area contributed by atoms with Gasteiger partial charge in [0.2, 0.25) is 5.91 Å². The molecule has 0 unspecified atom stereocenters. The second kappa shape index (κ2) is 5.65. The summed E-state index contributed by atoms with van der Waals surface area (Å²) in [5, 5.41) is 0. The van der Waals surface area contributed by atoms with Gasteiger partial charge in [-0.1, -0.05) is 12.2 Å². The molecule has 0 aromatic carbocycles. The number of likely N-dealkylation sites (N-methyl/N-ethyl adjacent to an activating group) is 1. The first-order chi connectivity index (χ1) is 8.15. The number of nitrogens with zero attached hydrogens (tertiary/aromatic N) is 3. The molecule has 1 amide bonds. The molecule has 0 aromatic rings. The third-order valence-electron chi connectivity index (χ3n) is 3.78. The Bertz CT molecular complexity index is 285. The summed E-state index contributed by atoms with van der Waals surface area (Å²) in [7, 11) is 2.13. The van der Waals surface area contributed by atoms with Crippen molar-refractivity contribution in [1.29, 1.82) is 0 Å². The molecular formula is C13H23N3O. The number of carbonyl (C=O) groups excluding carboxylic acids is 1. The molecule has 96 valence electrons. The van der Waals surface area contributed by atoms with Gasteiger partial charge < -0.3 is 9.80 Å². The summed E-state index contributed by atoms with van der Waals surface area (Å²) in [5.74, 6) is 0.294. The van der Waals surface area contributed by atoms with E-state index < -0.39 is 0 Å². The van der Waals surface area contributed by atoms with Crippen molar-refractivity contribution in [3.8, 4) is 0 Å². The van der Waals surface area contributed by atoms with E-state index in [0.29, 0.717) is 12.5 Å². The zero-order valence-corrected chi connectivity index (χ0v) is 10.8. The van der Waals surface area contributed by atoms with Crippen LogP contribution >= 0.6 is 0 Å². The molecule has 2 heterocycles. The van der Waals surface area contributed by atoms with Crippen molar-refractivity contribution in [1.82, 2.24) is 14.7 Å². The van der Waals surface area contributed by atoms with Gasteiger partial charge in [0.05, 0.1) is 6.54 Å². The fourth-order valence-electron chi connectivity index (χ4n) is 2.37. The summed E-state index contributed by atoms with van der Waals surface area (Å²) < 4.78 is 0. The normalized spacial score (nSPS) is 24.1. The molecule has 0 aromatic heterocycles. The monoisotopic (exact) mass is 237 g/mol. The Hall–Kier alpha value is -0.870. The van der Waals surface area contributed by atoms with Crippen molar-refractivity contribution < 1.29 is 4.79 Å². The topological polar surface area (TPSA) is 26.8 Å². The molecule has 0 atom stereocenters. The number of likely N-dealkylation sites (tertiary alicyclic amines) is 1. The zero-order chi connectivity index (χ0) is 12.3. The van der Waals surface area contributed by atoms with Crippen LogP contribution in [0.3, 0.4) is 0 Å². The fraction of sp³-hybridized carbons (Fsp3) is 0.769. The van der Waals surface area contributed by atoms with E-state index >= 15 is 0 Å². The highest BCUT2D eigenvalue weighted by Gasteiger charge is 2.22. The van der Waals surface area contributed by atoms with Crippen LogP contribution in [-0.4, -0.2) is 73.5 Å². The van der Waals surface area contributed by atoms with Gasteiger partial charge in [-0.05, 0) is 19.9 Å². The van der Waals surface area contributed by atoms with Crippen LogP contribution in [0.4, 0.5) is 0 Å². The molecule has 2 aliphatic heterocycles. The average molecular weight is 237 g/mol. The average Bonchev–Trinajstić information content (AvgIpc) is 2.33. The number of rotatable bonds is 2. The Balaban J connectivity index is 1.75. The van der Waals surface area contributed by atoms with Crippen molar-refractivity contribution in [3.05, 3.63) is 12.2 Å². The number of piperidine rings is 1. The highest BCUT2D eigenvalue weighted by molar-refractivity contribution is 5.78. The molecule has 0 N–H and O–H groups in total. The SMILES string of the molecule is C=C1CCN(C(=O)CN2CCN(C)CC2)CC1. The molecule has 17 heavy (non-hydrogen) atoms. The third kappa shape index (κ3) is 3.54. The number of amides is 1. The Morgan fingerprint density at radius 2 is 1.71 bits per heavy atom. The number of hydrogen-bond donors (Lipinski definition) is 0. The first-order valence-electron chi connectivity index (χ1n) is 6.50. The lowest BCUT2D eigenvalue weighted by Crippen LogP contribution is -2.49. The first kappa shape index (κ1) is 12.6. The van der Waals surface area contributed by atoms with E-state index in [2.05, 4.69) is 23.4 Å². The Kier molecular flexibility index (Phi) is 4.18. The van der Waals surface area contributed by atoms with Gasteiger partial charge in [-0.15, -0.1) is 0 Å². The minimum absolute atomic E-state index is 0.294. The molecule has 0 radical (unpaired) electrons. The third-order valence-corrected chi connectivity index (χ3v) is 3.78. The van der Waals surface area contributed by atoms with Crippen molar-refractivity contribution in [3.63, 3.8) is 0 Å². The Labute approximate surface area is 104 Å². The summed E-state index contributed by atoms with van der Waals surface area (Å²) in [6, 6.07) is 0. The molecule has 0 aliphatic carbocycles. The summed E-state index contributed by atoms with van der Waals surface area (Å²) >= 11 is 0. The van der Waals surface area contributed by atoms with Crippen LogP contribution in [0.25, 0.3) is 0 Å². The van der Waals surface area contributed by atoms with Crippen LogP contribution in [0.1, 0.15) is 12.8 Å². The lowest BCUT2D eigenvalue weighted by molar-refractivity contribution is -0.133. The maximum atomic E-state index is 12.1. The van der Waals surface area contributed by atoms with Crippen molar-refractivity contribution in [2.24, 2.45) is 0 Å². The molecule has 0 bridgehead atoms. The van der Waals surface area contributed by atoms with E-state index in [4.69, 9.17) is 0 Å². The van der Waals surface area contributed by atoms with E-state index in [1.807, 2.05) is 4.90 Å². The van der Waals surface area contributed by atoms with Gasteiger partial charge >= 0.3 is 0 Å². The predicted molar refractivity (Wildman–Crippen MR) is 68.9 cm³/mol. The number of piperazine rings is 1. The van der Waals surface area contributed by atoms with Gasteiger partial charge in [-0.3, -0.25) is 9.69 Å². The second-order valence-corrected chi connectivity index (χ2v) is 5.21. The largest absolute Gasteiger partial charge is 0.341 e. The molecule has 4 heteroatoms. The molecular weight excluding hydrogens is 214 g/mol. The molecule has 2 saturated heterocycles. The van der Waals surface area contributed by atoms with Gasteiger partial charge in [0, 0.05) is 39.3 Å². The molecule has 2 aliphatic rings. The van der Waals surface area contributed by atoms with E-state index in [-0.39, 0.29) is 0 Å². The van der Waals surface area contributed by atoms with Crippen LogP contribution in [-0.2, 0) is 4.79 Å². The minimum Gasteiger partial charge on any atom is -0.341 e. The van der Waals surface area contributed by atoms with E-state index in [1.165, 1.54) is 5.57 Å². The highest BCUT2D eigenvalue weighted by atomic mass is 16.2. The maximum Gasteiger partial charge on any atom is 0.236 e. The minimum atomic E-state index is 0.294. The molecule has 2 fully saturated rings. The lowest BCUT2D eigenvalue weighted by atomic mass is 10.1. The quantitative estimate of drug-likeness (QED) is 0.651. The molecule has 2 rings (SSSR count). The van der Waals surface area contributed by atoms with Crippen LogP contribution in [0, 0.1) is 0 Å². The highest BCUT2D eigenvalue weighted by Crippen LogP contribution is 2.14. The van der Waals surface area contributed by atoms with Gasteiger partial charge in [0.15, 0.2) is 0 Å². The van der Waals surface area contributed by atoms with Crippen LogP contribution in [0.15, 0.2) is 12.2 Å². The van der Waals surface area contributed by atoms with Crippen molar-refractivity contribution in [2.45, 2.75) is 12.8 Å². The van der Waals surface area contributed by atoms with Crippen LogP contribution in [0.2, 0.25) is 0 Å². The van der Waals surface area contributed by atoms with E-state index in [0.717, 1.165) is 52.1 Å². The van der Waals surface area contributed by atoms with Gasteiger partial charge in [0.25, 0.3) is 0 Å². The Morgan fingerprint density at radius 1 is 1.12 bits per heavy atom. The molecule has 4 nitrogen and oxygen atoms in total. The van der Waals surface area contributed by atoms with Crippen molar-refractivity contribution >= 4 is 5.91 Å². The summed E-state index contributed by atoms with van der Waals surface area (Å²) in [5.41, 5.74) is 1.29. The number of hydrogen-bond acceptors (Lipinski definition) is 3. The standard InChI is InChI=1S/C13H23N3O/c1-12-3-5-16(6-4-12)13(17)11-15-9-7-14(2)8-10-15/h1,3-11H2,2H3. The van der Waals surface area contributed by atoms with Crippen LogP contribution < -0.4 is 0 Å². The van der Waals surface area contributed by atoms with Gasteiger partial charge in [0.1, 0.15) is 0 Å². The lowest BCUT2D eigenvalue weighted by Gasteiger charge is -2.34. The summed E-state index contributed by atoms with van der Waals surface area (Å²) in [6.07, 6.45) is 1.96. The summed E-state index contributed by atoms with van der Waals surface area (Å²) in [4.78, 5) is 18.7. The van der Waals surface area contributed by atoms with E-state index in [9.17, 15) is 4.79 Å².